The maximum absolute atomic E-state index is 12.1. The van der Waals surface area contributed by atoms with Crippen LogP contribution >= 0.6 is 0 Å². The number of methoxy groups -OCH3 is 1. The van der Waals surface area contributed by atoms with Crippen molar-refractivity contribution in [2.45, 2.75) is 50.9 Å². The molecule has 0 unspecified atom stereocenters. The van der Waals surface area contributed by atoms with Crippen LogP contribution in [-0.2, 0) is 16.6 Å². The van der Waals surface area contributed by atoms with Gasteiger partial charge in [-0.2, -0.15) is 13.2 Å². The van der Waals surface area contributed by atoms with E-state index in [4.69, 9.17) is 9.47 Å². The summed E-state index contributed by atoms with van der Waals surface area (Å²) in [5, 5.41) is 0. The fraction of sp³-hybridized carbons (Fsp3) is 0.625. The molecule has 25 heavy (non-hydrogen) atoms. The van der Waals surface area contributed by atoms with E-state index in [0.717, 1.165) is 25.7 Å². The molecular weight excluding hydrogens is 359 g/mol. The predicted molar refractivity (Wildman–Crippen MR) is 87.2 cm³/mol. The Morgan fingerprint density at radius 2 is 1.88 bits per heavy atom. The average Bonchev–Trinajstić information content (AvgIpc) is 3.05. The molecule has 5 nitrogen and oxygen atoms in total. The Labute approximate surface area is 145 Å². The fourth-order valence-corrected chi connectivity index (χ4v) is 3.65. The van der Waals surface area contributed by atoms with E-state index in [0.29, 0.717) is 17.1 Å². The second-order valence-corrected chi connectivity index (χ2v) is 7.94. The third kappa shape index (κ3) is 6.74. The number of ether oxygens (including phenoxy) is 2. The summed E-state index contributed by atoms with van der Waals surface area (Å²) >= 11 is 0. The first-order chi connectivity index (χ1) is 11.7. The van der Waals surface area contributed by atoms with Gasteiger partial charge in [0.15, 0.2) is 11.5 Å². The van der Waals surface area contributed by atoms with Gasteiger partial charge in [0, 0.05) is 6.54 Å². The van der Waals surface area contributed by atoms with Crippen LogP contribution in [0.1, 0.15) is 37.7 Å². The standard InChI is InChI=1S/C16H22F3NO4S/c1-23-15-10-12(6-7-14(15)24-13-4-2-3-5-13)11-20-25(21,22)9-8-16(17,18)19/h6-7,10,13,20H,2-5,8-9,11H2,1H3. The smallest absolute Gasteiger partial charge is 0.390 e. The van der Waals surface area contributed by atoms with Crippen LogP contribution in [0, 0.1) is 0 Å². The zero-order valence-corrected chi connectivity index (χ0v) is 14.8. The van der Waals surface area contributed by atoms with Crippen LogP contribution in [0.5, 0.6) is 11.5 Å². The highest BCUT2D eigenvalue weighted by molar-refractivity contribution is 7.89. The van der Waals surface area contributed by atoms with Crippen LogP contribution in [0.3, 0.4) is 0 Å². The molecule has 2 rings (SSSR count). The van der Waals surface area contributed by atoms with E-state index in [1.807, 2.05) is 0 Å². The van der Waals surface area contributed by atoms with Gasteiger partial charge in [-0.3, -0.25) is 0 Å². The molecule has 0 radical (unpaired) electrons. The molecule has 0 heterocycles. The van der Waals surface area contributed by atoms with Crippen molar-refractivity contribution < 1.29 is 31.1 Å². The summed E-state index contributed by atoms with van der Waals surface area (Å²) in [5.41, 5.74) is 0.575. The molecule has 0 amide bonds. The molecule has 1 aromatic carbocycles. The Balaban J connectivity index is 1.95. The first kappa shape index (κ1) is 19.8. The minimum atomic E-state index is -4.50. The number of hydrogen-bond acceptors (Lipinski definition) is 4. The summed E-state index contributed by atoms with van der Waals surface area (Å²) in [6.45, 7) is -0.111. The lowest BCUT2D eigenvalue weighted by atomic mass is 10.2. The van der Waals surface area contributed by atoms with Gasteiger partial charge in [-0.05, 0) is 43.4 Å². The topological polar surface area (TPSA) is 64.6 Å². The van der Waals surface area contributed by atoms with E-state index in [9.17, 15) is 21.6 Å². The lowest BCUT2D eigenvalue weighted by molar-refractivity contribution is -0.129. The number of halogens is 3. The van der Waals surface area contributed by atoms with E-state index in [1.165, 1.54) is 7.11 Å². The number of benzene rings is 1. The molecule has 0 aliphatic heterocycles. The van der Waals surface area contributed by atoms with Gasteiger partial charge >= 0.3 is 6.18 Å². The van der Waals surface area contributed by atoms with E-state index in [1.54, 1.807) is 18.2 Å². The van der Waals surface area contributed by atoms with Crippen molar-refractivity contribution in [1.82, 2.24) is 4.72 Å². The van der Waals surface area contributed by atoms with Crippen LogP contribution in [0.15, 0.2) is 18.2 Å². The van der Waals surface area contributed by atoms with Crippen molar-refractivity contribution in [3.05, 3.63) is 23.8 Å². The second-order valence-electron chi connectivity index (χ2n) is 6.01. The monoisotopic (exact) mass is 381 g/mol. The largest absolute Gasteiger partial charge is 0.493 e. The number of hydrogen-bond donors (Lipinski definition) is 1. The number of alkyl halides is 3. The third-order valence-electron chi connectivity index (χ3n) is 3.97. The van der Waals surface area contributed by atoms with Crippen molar-refractivity contribution in [2.75, 3.05) is 12.9 Å². The van der Waals surface area contributed by atoms with Crippen LogP contribution < -0.4 is 14.2 Å². The van der Waals surface area contributed by atoms with Gasteiger partial charge in [0.05, 0.1) is 25.4 Å². The molecule has 1 fully saturated rings. The molecule has 0 bridgehead atoms. The highest BCUT2D eigenvalue weighted by atomic mass is 32.2. The highest BCUT2D eigenvalue weighted by Gasteiger charge is 2.29. The molecule has 1 aliphatic rings. The van der Waals surface area contributed by atoms with E-state index < -0.39 is 28.4 Å². The van der Waals surface area contributed by atoms with E-state index >= 15 is 0 Å². The maximum atomic E-state index is 12.1. The minimum absolute atomic E-state index is 0.111. The second kappa shape index (κ2) is 8.27. The molecule has 1 N–H and O–H groups in total. The summed E-state index contributed by atoms with van der Waals surface area (Å²) in [6.07, 6.45) is -1.49. The van der Waals surface area contributed by atoms with Gasteiger partial charge in [-0.15, -0.1) is 0 Å². The SMILES string of the molecule is COc1cc(CNS(=O)(=O)CCC(F)(F)F)ccc1OC1CCCC1. The Morgan fingerprint density at radius 1 is 1.20 bits per heavy atom. The molecule has 0 atom stereocenters. The molecule has 1 saturated carbocycles. The number of sulfonamides is 1. The maximum Gasteiger partial charge on any atom is 0.390 e. The van der Waals surface area contributed by atoms with E-state index in [-0.39, 0.29) is 12.6 Å². The van der Waals surface area contributed by atoms with Crippen molar-refractivity contribution in [3.8, 4) is 11.5 Å². The first-order valence-corrected chi connectivity index (χ1v) is 9.71. The van der Waals surface area contributed by atoms with Crippen molar-refractivity contribution in [1.29, 1.82) is 0 Å². The predicted octanol–water partition coefficient (Wildman–Crippen LogP) is 3.39. The van der Waals surface area contributed by atoms with Crippen molar-refractivity contribution in [2.24, 2.45) is 0 Å². The summed E-state index contributed by atoms with van der Waals surface area (Å²) in [6, 6.07) is 4.98. The Hall–Kier alpha value is -1.48. The highest BCUT2D eigenvalue weighted by Crippen LogP contribution is 2.32. The van der Waals surface area contributed by atoms with Gasteiger partial charge in [0.1, 0.15) is 0 Å². The summed E-state index contributed by atoms with van der Waals surface area (Å²) in [5.74, 6) is 0.0632. The van der Waals surface area contributed by atoms with Gasteiger partial charge < -0.3 is 9.47 Å². The Kier molecular flexibility index (Phi) is 6.56. The molecule has 9 heteroatoms. The number of nitrogens with one attached hydrogen (secondary N) is 1. The summed E-state index contributed by atoms with van der Waals surface area (Å²) in [4.78, 5) is 0. The quantitative estimate of drug-likeness (QED) is 0.750. The van der Waals surface area contributed by atoms with Gasteiger partial charge in [0.2, 0.25) is 10.0 Å². The Bertz CT molecular complexity index is 670. The molecule has 142 valence electrons. The third-order valence-corrected chi connectivity index (χ3v) is 5.30. The zero-order valence-electron chi connectivity index (χ0n) is 13.9. The summed E-state index contributed by atoms with van der Waals surface area (Å²) in [7, 11) is -2.52. The normalized spacial score (nSPS) is 16.2. The fourth-order valence-electron chi connectivity index (χ4n) is 2.62. The molecule has 0 spiro atoms. The minimum Gasteiger partial charge on any atom is -0.493 e. The lowest BCUT2D eigenvalue weighted by Crippen LogP contribution is -2.28. The van der Waals surface area contributed by atoms with Gasteiger partial charge in [-0.25, -0.2) is 13.1 Å². The number of rotatable bonds is 8. The molecular formula is C16H22F3NO4S. The van der Waals surface area contributed by atoms with Crippen LogP contribution in [-0.4, -0.2) is 33.6 Å². The molecule has 1 aliphatic carbocycles. The van der Waals surface area contributed by atoms with Gasteiger partial charge in [-0.1, -0.05) is 6.07 Å². The van der Waals surface area contributed by atoms with Crippen molar-refractivity contribution in [3.63, 3.8) is 0 Å². The van der Waals surface area contributed by atoms with Crippen LogP contribution in [0.2, 0.25) is 0 Å². The molecule has 1 aromatic rings. The first-order valence-electron chi connectivity index (χ1n) is 8.06. The average molecular weight is 381 g/mol. The van der Waals surface area contributed by atoms with Gasteiger partial charge in [0.25, 0.3) is 0 Å². The molecule has 0 saturated heterocycles. The van der Waals surface area contributed by atoms with Crippen LogP contribution in [0.4, 0.5) is 13.2 Å². The summed E-state index contributed by atoms with van der Waals surface area (Å²) < 4.78 is 73.0. The van der Waals surface area contributed by atoms with Crippen molar-refractivity contribution >= 4 is 10.0 Å². The van der Waals surface area contributed by atoms with Crippen LogP contribution in [0.25, 0.3) is 0 Å². The van der Waals surface area contributed by atoms with E-state index in [2.05, 4.69) is 4.72 Å². The molecule has 0 aromatic heterocycles. The Morgan fingerprint density at radius 3 is 2.48 bits per heavy atom. The lowest BCUT2D eigenvalue weighted by Gasteiger charge is -2.17. The zero-order chi connectivity index (χ0) is 18.5.